The Balaban J connectivity index is 1.51. The summed E-state index contributed by atoms with van der Waals surface area (Å²) in [5.41, 5.74) is 1.48. The number of aliphatic hydroxyl groups excluding tert-OH is 1. The number of nitrogens with zero attached hydrogens (tertiary/aromatic N) is 1. The van der Waals surface area contributed by atoms with Crippen LogP contribution >= 0.6 is 11.8 Å². The van der Waals surface area contributed by atoms with Gasteiger partial charge in [-0.1, -0.05) is 67.6 Å². The van der Waals surface area contributed by atoms with Gasteiger partial charge in [0.1, 0.15) is 6.04 Å². The minimum atomic E-state index is -0.771. The van der Waals surface area contributed by atoms with Crippen LogP contribution in [0, 0.1) is 17.8 Å². The van der Waals surface area contributed by atoms with E-state index in [-0.39, 0.29) is 35.5 Å². The number of amides is 3. The van der Waals surface area contributed by atoms with Gasteiger partial charge in [-0.05, 0) is 50.7 Å². The van der Waals surface area contributed by atoms with Gasteiger partial charge in [-0.3, -0.25) is 14.4 Å². The standard InChI is InChI=1S/C31H39N3O4S/c1-19-15-23-24(27(36)32-17-21-13-9-6-10-14-21)25-29(38)34(22(18-35)16-20-11-7-5-8-12-20)26(31(19,25)39-23)28(37)33-30(2,3)4/h5-14,19,22-26,35H,15-18H2,1-4H3,(H,32,36)(H,33,37)/t19?,22-,23+,24-,25+,26?,31?/m1/s1. The number of nitrogens with one attached hydrogen (secondary N) is 2. The molecule has 3 amide bonds. The molecule has 2 bridgehead atoms. The maximum atomic E-state index is 14.4. The fourth-order valence-electron chi connectivity index (χ4n) is 6.93. The monoisotopic (exact) mass is 549 g/mol. The molecule has 0 radical (unpaired) electrons. The van der Waals surface area contributed by atoms with Crippen molar-refractivity contribution in [1.82, 2.24) is 15.5 Å². The van der Waals surface area contributed by atoms with E-state index in [9.17, 15) is 19.5 Å². The summed E-state index contributed by atoms with van der Waals surface area (Å²) in [6, 6.07) is 18.1. The second kappa shape index (κ2) is 10.6. The van der Waals surface area contributed by atoms with Gasteiger partial charge in [0.2, 0.25) is 17.7 Å². The summed E-state index contributed by atoms with van der Waals surface area (Å²) >= 11 is 1.65. The molecule has 3 saturated heterocycles. The molecular weight excluding hydrogens is 510 g/mol. The molecule has 2 aromatic carbocycles. The molecule has 7 atom stereocenters. The number of rotatable bonds is 8. The number of aliphatic hydroxyl groups is 1. The summed E-state index contributed by atoms with van der Waals surface area (Å²) in [7, 11) is 0. The zero-order valence-corrected chi connectivity index (χ0v) is 23.9. The van der Waals surface area contributed by atoms with Gasteiger partial charge in [0.15, 0.2) is 0 Å². The first-order valence-corrected chi connectivity index (χ1v) is 14.7. The van der Waals surface area contributed by atoms with Gasteiger partial charge in [0.05, 0.1) is 29.2 Å². The van der Waals surface area contributed by atoms with Crippen molar-refractivity contribution in [1.29, 1.82) is 0 Å². The van der Waals surface area contributed by atoms with Crippen molar-refractivity contribution < 1.29 is 19.5 Å². The minimum Gasteiger partial charge on any atom is -0.394 e. The molecule has 0 aliphatic carbocycles. The Labute approximate surface area is 235 Å². The first kappa shape index (κ1) is 27.7. The lowest BCUT2D eigenvalue weighted by Crippen LogP contribution is -2.61. The lowest BCUT2D eigenvalue weighted by Gasteiger charge is -2.41. The van der Waals surface area contributed by atoms with Gasteiger partial charge in [0, 0.05) is 17.3 Å². The highest BCUT2D eigenvalue weighted by atomic mass is 32.2. The van der Waals surface area contributed by atoms with Crippen LogP contribution < -0.4 is 10.6 Å². The number of thioether (sulfide) groups is 1. The number of hydrogen-bond acceptors (Lipinski definition) is 5. The molecule has 39 heavy (non-hydrogen) atoms. The zero-order valence-electron chi connectivity index (χ0n) is 23.1. The molecular formula is C31H39N3O4S. The second-order valence-electron chi connectivity index (χ2n) is 12.3. The number of likely N-dealkylation sites (tertiary alicyclic amines) is 1. The molecule has 3 aliphatic rings. The molecule has 3 unspecified atom stereocenters. The van der Waals surface area contributed by atoms with Crippen molar-refractivity contribution in [2.24, 2.45) is 17.8 Å². The second-order valence-corrected chi connectivity index (χ2v) is 13.8. The maximum Gasteiger partial charge on any atom is 0.244 e. The molecule has 0 saturated carbocycles. The predicted octanol–water partition coefficient (Wildman–Crippen LogP) is 3.16. The highest BCUT2D eigenvalue weighted by Crippen LogP contribution is 2.68. The summed E-state index contributed by atoms with van der Waals surface area (Å²) in [5.74, 6) is -1.61. The van der Waals surface area contributed by atoms with Gasteiger partial charge >= 0.3 is 0 Å². The normalized spacial score (nSPS) is 30.2. The Kier molecular flexibility index (Phi) is 7.55. The Morgan fingerprint density at radius 1 is 1.05 bits per heavy atom. The van der Waals surface area contributed by atoms with Gasteiger partial charge in [-0.15, -0.1) is 11.8 Å². The summed E-state index contributed by atoms with van der Waals surface area (Å²) < 4.78 is -0.726. The first-order chi connectivity index (χ1) is 18.6. The van der Waals surface area contributed by atoms with Crippen LogP contribution in [0.2, 0.25) is 0 Å². The molecule has 208 valence electrons. The number of fused-ring (bicyclic) bond motifs is 1. The Morgan fingerprint density at radius 3 is 2.26 bits per heavy atom. The first-order valence-electron chi connectivity index (χ1n) is 13.8. The van der Waals surface area contributed by atoms with E-state index in [1.54, 1.807) is 16.7 Å². The van der Waals surface area contributed by atoms with Gasteiger partial charge < -0.3 is 20.6 Å². The third-order valence-corrected chi connectivity index (χ3v) is 10.5. The fraction of sp³-hybridized carbons (Fsp3) is 0.516. The minimum absolute atomic E-state index is 0.0292. The van der Waals surface area contributed by atoms with Crippen LogP contribution in [0.5, 0.6) is 0 Å². The highest BCUT2D eigenvalue weighted by molar-refractivity contribution is 8.02. The number of carbonyl (C=O) groups is 3. The molecule has 3 heterocycles. The fourth-order valence-corrected chi connectivity index (χ4v) is 9.34. The predicted molar refractivity (Wildman–Crippen MR) is 153 cm³/mol. The van der Waals surface area contributed by atoms with E-state index in [1.165, 1.54) is 0 Å². The molecule has 0 aromatic heterocycles. The average Bonchev–Trinajstić information content (AvgIpc) is 3.49. The molecule has 2 aromatic rings. The number of benzene rings is 2. The molecule has 7 nitrogen and oxygen atoms in total. The highest BCUT2D eigenvalue weighted by Gasteiger charge is 2.76. The summed E-state index contributed by atoms with van der Waals surface area (Å²) in [6.07, 6.45) is 1.20. The molecule has 3 fully saturated rings. The van der Waals surface area contributed by atoms with E-state index in [0.29, 0.717) is 13.0 Å². The largest absolute Gasteiger partial charge is 0.394 e. The van der Waals surface area contributed by atoms with Crippen molar-refractivity contribution in [2.45, 2.75) is 74.7 Å². The van der Waals surface area contributed by atoms with E-state index in [0.717, 1.165) is 17.5 Å². The summed E-state index contributed by atoms with van der Waals surface area (Å²) in [4.78, 5) is 43.8. The molecule has 1 spiro atoms. The van der Waals surface area contributed by atoms with Gasteiger partial charge in [-0.25, -0.2) is 0 Å². The van der Waals surface area contributed by atoms with Crippen LogP contribution in [-0.2, 0) is 27.3 Å². The Morgan fingerprint density at radius 2 is 1.67 bits per heavy atom. The third-order valence-electron chi connectivity index (χ3n) is 8.46. The van der Waals surface area contributed by atoms with Crippen LogP contribution in [0.4, 0.5) is 0 Å². The molecule has 5 rings (SSSR count). The number of hydrogen-bond donors (Lipinski definition) is 3. The average molecular weight is 550 g/mol. The van der Waals surface area contributed by atoms with Crippen LogP contribution in [0.15, 0.2) is 60.7 Å². The zero-order chi connectivity index (χ0) is 27.9. The maximum absolute atomic E-state index is 14.4. The molecule has 8 heteroatoms. The van der Waals surface area contributed by atoms with Crippen LogP contribution in [-0.4, -0.2) is 62.0 Å². The Hall–Kier alpha value is -2.84. The lowest BCUT2D eigenvalue weighted by atomic mass is 9.65. The van der Waals surface area contributed by atoms with Crippen molar-refractivity contribution in [3.05, 3.63) is 71.8 Å². The SMILES string of the molecule is CC1C[C@@H]2SC13C(C(=O)NC(C)(C)C)N([C@@H](CO)Cc1ccccc1)C(=O)[C@@H]3[C@@H]2C(=O)NCc1ccccc1. The van der Waals surface area contributed by atoms with Crippen molar-refractivity contribution >= 4 is 29.5 Å². The van der Waals surface area contributed by atoms with E-state index >= 15 is 0 Å². The van der Waals surface area contributed by atoms with Crippen molar-refractivity contribution in [3.63, 3.8) is 0 Å². The van der Waals surface area contributed by atoms with Crippen LogP contribution in [0.1, 0.15) is 45.2 Å². The Bertz CT molecular complexity index is 1220. The smallest absolute Gasteiger partial charge is 0.244 e. The number of carbonyl (C=O) groups excluding carboxylic acids is 3. The van der Waals surface area contributed by atoms with Crippen LogP contribution in [0.3, 0.4) is 0 Å². The van der Waals surface area contributed by atoms with Crippen molar-refractivity contribution in [3.8, 4) is 0 Å². The van der Waals surface area contributed by atoms with E-state index in [2.05, 4.69) is 17.6 Å². The molecule has 3 N–H and O–H groups in total. The van der Waals surface area contributed by atoms with Crippen molar-refractivity contribution in [2.75, 3.05) is 6.61 Å². The molecule has 3 aliphatic heterocycles. The van der Waals surface area contributed by atoms with E-state index < -0.39 is 34.2 Å². The topological polar surface area (TPSA) is 98.7 Å². The van der Waals surface area contributed by atoms with E-state index in [1.807, 2.05) is 81.4 Å². The lowest BCUT2D eigenvalue weighted by molar-refractivity contribution is -0.143. The third kappa shape index (κ3) is 4.97. The van der Waals surface area contributed by atoms with Gasteiger partial charge in [0.25, 0.3) is 0 Å². The van der Waals surface area contributed by atoms with Gasteiger partial charge in [-0.2, -0.15) is 0 Å². The summed E-state index contributed by atoms with van der Waals surface area (Å²) in [5, 5.41) is 16.7. The van der Waals surface area contributed by atoms with E-state index in [4.69, 9.17) is 0 Å². The van der Waals surface area contributed by atoms with Crippen LogP contribution in [0.25, 0.3) is 0 Å². The quantitative estimate of drug-likeness (QED) is 0.470. The summed E-state index contributed by atoms with van der Waals surface area (Å²) in [6.45, 7) is 8.01.